The van der Waals surface area contributed by atoms with Crippen LogP contribution in [0.2, 0.25) is 0 Å². The van der Waals surface area contributed by atoms with Crippen LogP contribution in [0.25, 0.3) is 0 Å². The van der Waals surface area contributed by atoms with E-state index in [-0.39, 0.29) is 74.4 Å². The number of nitrogens with one attached hydrogen (secondary N) is 3. The molecule has 4 atom stereocenters. The van der Waals surface area contributed by atoms with Crippen LogP contribution < -0.4 is 16.0 Å². The summed E-state index contributed by atoms with van der Waals surface area (Å²) < 4.78 is 42.2. The van der Waals surface area contributed by atoms with Crippen LogP contribution in [0.1, 0.15) is 120 Å². The molecule has 4 rings (SSSR count). The molecule has 1 aromatic carbocycles. The Labute approximate surface area is 428 Å². The van der Waals surface area contributed by atoms with Crippen LogP contribution in [0.5, 0.6) is 0 Å². The fourth-order valence-corrected chi connectivity index (χ4v) is 12.1. The second-order valence-electron chi connectivity index (χ2n) is 21.8. The van der Waals surface area contributed by atoms with E-state index in [0.29, 0.717) is 95.5 Å². The van der Waals surface area contributed by atoms with Crippen molar-refractivity contribution in [3.05, 3.63) is 29.8 Å². The molecule has 3 heterocycles. The summed E-state index contributed by atoms with van der Waals surface area (Å²) >= 11 is 1.88. The summed E-state index contributed by atoms with van der Waals surface area (Å²) in [6, 6.07) is 7.31. The van der Waals surface area contributed by atoms with Crippen LogP contribution in [0, 0.1) is 0 Å². The molecule has 1 unspecified atom stereocenters. The highest BCUT2D eigenvalue weighted by Gasteiger charge is 2.42. The van der Waals surface area contributed by atoms with E-state index in [1.807, 2.05) is 98.3 Å². The molecular formula is C51H88N7O11PS. The second kappa shape index (κ2) is 28.4. The average Bonchev–Trinajstić information content (AvgIpc) is 3.80. The number of carbonyl (C=O) groups is 5. The van der Waals surface area contributed by atoms with Crippen LogP contribution in [0.15, 0.2) is 24.3 Å². The average molecular weight is 1040 g/mol. The number of hydrogen-bond donors (Lipinski definition) is 3. The highest BCUT2D eigenvalue weighted by Crippen LogP contribution is 2.48. The molecular weight excluding hydrogens is 950 g/mol. The summed E-state index contributed by atoms with van der Waals surface area (Å²) in [4.78, 5) is 74.3. The summed E-state index contributed by atoms with van der Waals surface area (Å²) in [6.45, 7) is 25.3. The highest BCUT2D eigenvalue weighted by atomic mass is 32.2. The van der Waals surface area contributed by atoms with E-state index in [2.05, 4.69) is 35.6 Å². The zero-order chi connectivity index (χ0) is 52.4. The Morgan fingerprint density at radius 3 is 1.80 bits per heavy atom. The molecule has 3 N–H and O–H groups in total. The number of rotatable bonds is 23. The van der Waals surface area contributed by atoms with Gasteiger partial charge in [-0.3, -0.25) is 38.4 Å². The van der Waals surface area contributed by atoms with Crippen molar-refractivity contribution in [2.24, 2.45) is 0 Å². The van der Waals surface area contributed by atoms with E-state index in [0.717, 1.165) is 30.6 Å². The van der Waals surface area contributed by atoms with Gasteiger partial charge in [-0.05, 0) is 133 Å². The molecule has 3 aliphatic rings. The molecule has 71 heavy (non-hydrogen) atoms. The van der Waals surface area contributed by atoms with E-state index in [1.165, 1.54) is 0 Å². The number of aryl methyl sites for hydroxylation is 1. The molecule has 0 bridgehead atoms. The van der Waals surface area contributed by atoms with Gasteiger partial charge in [0.2, 0.25) is 5.91 Å². The van der Waals surface area contributed by atoms with E-state index < -0.39 is 30.4 Å². The third-order valence-electron chi connectivity index (χ3n) is 12.1. The van der Waals surface area contributed by atoms with Crippen molar-refractivity contribution in [2.45, 2.75) is 161 Å². The molecule has 0 saturated carbocycles. The maximum absolute atomic E-state index is 14.4. The van der Waals surface area contributed by atoms with Gasteiger partial charge in [0.1, 0.15) is 22.8 Å². The number of hydrogen-bond acceptors (Lipinski definition) is 16. The molecule has 0 aromatic heterocycles. The van der Waals surface area contributed by atoms with Crippen LogP contribution >= 0.6 is 19.4 Å². The minimum Gasteiger partial charge on any atom is -0.459 e. The number of ether oxygens (including phenoxy) is 3. The molecule has 3 fully saturated rings. The number of fused-ring (bicyclic) bond motifs is 1. The van der Waals surface area contributed by atoms with Gasteiger partial charge in [-0.1, -0.05) is 18.6 Å². The van der Waals surface area contributed by atoms with Crippen LogP contribution in [0.3, 0.4) is 0 Å². The van der Waals surface area contributed by atoms with E-state index >= 15 is 0 Å². The Balaban J connectivity index is 1.50. The van der Waals surface area contributed by atoms with E-state index in [1.54, 1.807) is 13.8 Å². The minimum atomic E-state index is -3.26. The van der Waals surface area contributed by atoms with Crippen molar-refractivity contribution in [2.75, 3.05) is 102 Å². The monoisotopic (exact) mass is 1040 g/mol. The minimum absolute atomic E-state index is 0.0484. The number of unbranched alkanes of at least 4 members (excludes halogenated alkanes) is 1. The van der Waals surface area contributed by atoms with Gasteiger partial charge < -0.3 is 44.1 Å². The number of amides is 3. The zero-order valence-corrected chi connectivity index (χ0v) is 46.5. The lowest BCUT2D eigenvalue weighted by Crippen LogP contribution is -2.52. The molecule has 0 spiro atoms. The summed E-state index contributed by atoms with van der Waals surface area (Å²) in [6.07, 6.45) is 4.81. The maximum atomic E-state index is 14.4. The first-order valence-corrected chi connectivity index (χ1v) is 28.6. The number of nitrogens with zero attached hydrogens (tertiary/aromatic N) is 4. The van der Waals surface area contributed by atoms with Gasteiger partial charge in [0.15, 0.2) is 0 Å². The predicted octanol–water partition coefficient (Wildman–Crippen LogP) is 6.56. The van der Waals surface area contributed by atoms with Gasteiger partial charge in [-0.15, -0.1) is 0 Å². The summed E-state index contributed by atoms with van der Waals surface area (Å²) in [5.41, 5.74) is -0.407. The molecule has 0 radical (unpaired) electrons. The highest BCUT2D eigenvalue weighted by molar-refractivity contribution is 8.00. The quantitative estimate of drug-likeness (QED) is 0.0350. The van der Waals surface area contributed by atoms with Crippen molar-refractivity contribution in [1.29, 1.82) is 0 Å². The van der Waals surface area contributed by atoms with E-state index in [9.17, 15) is 28.5 Å². The third-order valence-corrected chi connectivity index (χ3v) is 15.8. The topological polar surface area (TPSA) is 198 Å². The molecule has 0 aliphatic carbocycles. The largest absolute Gasteiger partial charge is 0.459 e. The SMILES string of the molecule is CCOP(=O)(CCCN1CCN(CC(=O)OC(C)(C)C)CCN(C(CCc2ccc(NC(=O)CCCC[C@H]3SC[C@H]4NC(=O)N[C@H]43)cc2)C(=O)OC(C)(C)C)CCN(CC(=O)OC(C)(C)C)CC1)OCC. The van der Waals surface area contributed by atoms with Gasteiger partial charge in [0.05, 0.1) is 44.5 Å². The second-order valence-corrected chi connectivity index (χ2v) is 25.3. The molecule has 3 saturated heterocycles. The number of benzene rings is 1. The first kappa shape index (κ1) is 60.3. The standard InChI is InChI=1S/C51H88N7O11PS/c1-12-65-70(64,66-13-2)34-16-25-55-26-28-56(35-44(60)67-49(3,4)5)30-32-58(33-31-57(29-27-55)36-45(61)68-50(6,7)8)41(47(62)69-51(9,10)11)24-21-38-19-22-39(23-20-38)52-43(59)18-15-14-17-42-46-40(37-71-42)53-48(63)54-46/h19-20,22-23,40-42,46H,12-18,21,24-37H2,1-11H3,(H,52,59)(H2,53,54,63)/t40-,41?,42-,46-/m1/s1. The molecule has 20 heteroatoms. The van der Waals surface area contributed by atoms with Crippen molar-refractivity contribution < 1.29 is 51.8 Å². The third kappa shape index (κ3) is 23.2. The van der Waals surface area contributed by atoms with E-state index in [4.69, 9.17) is 23.3 Å². The summed E-state index contributed by atoms with van der Waals surface area (Å²) in [5, 5.41) is 9.40. The van der Waals surface area contributed by atoms with Crippen LogP contribution in [-0.2, 0) is 53.4 Å². The Morgan fingerprint density at radius 2 is 1.27 bits per heavy atom. The molecule has 404 valence electrons. The number of urea groups is 1. The molecule has 18 nitrogen and oxygen atoms in total. The van der Waals surface area contributed by atoms with Crippen molar-refractivity contribution in [1.82, 2.24) is 30.2 Å². The van der Waals surface area contributed by atoms with Gasteiger partial charge in [0, 0.05) is 75.5 Å². The fraction of sp³-hybridized carbons (Fsp3) is 0.784. The van der Waals surface area contributed by atoms with Crippen molar-refractivity contribution in [3.8, 4) is 0 Å². The number of carbonyl (C=O) groups excluding carboxylic acids is 5. The maximum Gasteiger partial charge on any atom is 0.330 e. The molecule has 3 aliphatic heterocycles. The zero-order valence-electron chi connectivity index (χ0n) is 44.8. The summed E-state index contributed by atoms with van der Waals surface area (Å²) in [7, 11) is -3.26. The van der Waals surface area contributed by atoms with Crippen molar-refractivity contribution in [3.63, 3.8) is 0 Å². The molecule has 3 amide bonds. The van der Waals surface area contributed by atoms with Gasteiger partial charge in [0.25, 0.3) is 0 Å². The lowest BCUT2D eigenvalue weighted by molar-refractivity contribution is -0.163. The Kier molecular flexibility index (Phi) is 24.1. The predicted molar refractivity (Wildman–Crippen MR) is 280 cm³/mol. The first-order valence-electron chi connectivity index (χ1n) is 25.9. The lowest BCUT2D eigenvalue weighted by Gasteiger charge is -2.37. The fourth-order valence-electron chi connectivity index (χ4n) is 8.94. The van der Waals surface area contributed by atoms with Crippen LogP contribution in [-0.4, -0.2) is 187 Å². The number of anilines is 1. The molecule has 1 aromatic rings. The van der Waals surface area contributed by atoms with Crippen LogP contribution in [0.4, 0.5) is 10.5 Å². The van der Waals surface area contributed by atoms with Gasteiger partial charge in [-0.2, -0.15) is 11.8 Å². The smallest absolute Gasteiger partial charge is 0.330 e. The Hall–Kier alpha value is -3.29. The number of thioether (sulfide) groups is 1. The summed E-state index contributed by atoms with van der Waals surface area (Å²) in [5.74, 6) is -0.188. The normalized spacial score (nSPS) is 21.0. The number of esters is 3. The van der Waals surface area contributed by atoms with Gasteiger partial charge >= 0.3 is 31.5 Å². The Bertz CT molecular complexity index is 1850. The van der Waals surface area contributed by atoms with Gasteiger partial charge in [-0.25, -0.2) is 4.79 Å². The first-order chi connectivity index (χ1) is 33.3. The van der Waals surface area contributed by atoms with Crippen molar-refractivity contribution >= 4 is 54.9 Å². The lowest BCUT2D eigenvalue weighted by atomic mass is 10.0. The Morgan fingerprint density at radius 1 is 0.732 bits per heavy atom.